The van der Waals surface area contributed by atoms with Gasteiger partial charge in [-0.2, -0.15) is 0 Å². The van der Waals surface area contributed by atoms with Gasteiger partial charge in [-0.25, -0.2) is 0 Å². The second-order valence-electron chi connectivity index (χ2n) is 6.19. The van der Waals surface area contributed by atoms with Crippen molar-refractivity contribution in [2.45, 2.75) is 51.7 Å². The van der Waals surface area contributed by atoms with Crippen LogP contribution in [0.5, 0.6) is 0 Å². The van der Waals surface area contributed by atoms with Crippen LogP contribution in [0.1, 0.15) is 39.5 Å². The molecule has 2 fully saturated rings. The van der Waals surface area contributed by atoms with Crippen LogP contribution in [0.3, 0.4) is 0 Å². The van der Waals surface area contributed by atoms with Crippen LogP contribution in [0, 0.1) is 5.41 Å². The molecule has 2 heterocycles. The first-order valence-corrected chi connectivity index (χ1v) is 6.67. The molecule has 0 spiro atoms. The number of hydrogen-bond donors (Lipinski definition) is 1. The van der Waals surface area contributed by atoms with E-state index in [2.05, 4.69) is 18.7 Å². The molecular formula is C13H26N2O. The molecule has 2 aliphatic heterocycles. The van der Waals surface area contributed by atoms with Gasteiger partial charge in [0.2, 0.25) is 0 Å². The highest BCUT2D eigenvalue weighted by Gasteiger charge is 2.33. The molecule has 0 saturated carbocycles. The lowest BCUT2D eigenvalue weighted by Gasteiger charge is -2.33. The van der Waals surface area contributed by atoms with Crippen molar-refractivity contribution in [2.75, 3.05) is 26.2 Å². The lowest BCUT2D eigenvalue weighted by molar-refractivity contribution is -0.0390. The highest BCUT2D eigenvalue weighted by Crippen LogP contribution is 2.27. The quantitative estimate of drug-likeness (QED) is 0.774. The van der Waals surface area contributed by atoms with Crippen molar-refractivity contribution < 1.29 is 4.74 Å². The van der Waals surface area contributed by atoms with Gasteiger partial charge in [0.1, 0.15) is 0 Å². The summed E-state index contributed by atoms with van der Waals surface area (Å²) >= 11 is 0. The van der Waals surface area contributed by atoms with E-state index in [1.807, 2.05) is 0 Å². The van der Waals surface area contributed by atoms with Gasteiger partial charge >= 0.3 is 0 Å². The van der Waals surface area contributed by atoms with Gasteiger partial charge in [0.15, 0.2) is 0 Å². The molecule has 2 saturated heterocycles. The van der Waals surface area contributed by atoms with E-state index in [-0.39, 0.29) is 0 Å². The Morgan fingerprint density at radius 2 is 1.88 bits per heavy atom. The summed E-state index contributed by atoms with van der Waals surface area (Å²) in [4.78, 5) is 2.58. The zero-order valence-electron chi connectivity index (χ0n) is 10.7. The summed E-state index contributed by atoms with van der Waals surface area (Å²) in [5.41, 5.74) is 6.06. The van der Waals surface area contributed by atoms with Crippen molar-refractivity contribution in [3.05, 3.63) is 0 Å². The zero-order valence-corrected chi connectivity index (χ0v) is 10.7. The van der Waals surface area contributed by atoms with Crippen LogP contribution in [0.4, 0.5) is 0 Å². The molecule has 0 aliphatic carbocycles. The minimum absolute atomic E-state index is 0.311. The first-order chi connectivity index (χ1) is 7.59. The summed E-state index contributed by atoms with van der Waals surface area (Å²) in [7, 11) is 0. The van der Waals surface area contributed by atoms with Crippen molar-refractivity contribution >= 4 is 0 Å². The lowest BCUT2D eigenvalue weighted by Crippen LogP contribution is -2.43. The SMILES string of the molecule is CC(C)(CN)CCCN1CC2CCC(C1)O2. The van der Waals surface area contributed by atoms with E-state index in [1.54, 1.807) is 0 Å². The Balaban J connectivity index is 1.67. The maximum Gasteiger partial charge on any atom is 0.0707 e. The first kappa shape index (κ1) is 12.3. The Morgan fingerprint density at radius 1 is 1.25 bits per heavy atom. The van der Waals surface area contributed by atoms with E-state index >= 15 is 0 Å². The van der Waals surface area contributed by atoms with E-state index < -0.39 is 0 Å². The van der Waals surface area contributed by atoms with Gasteiger partial charge in [-0.3, -0.25) is 4.90 Å². The normalized spacial score (nSPS) is 30.9. The van der Waals surface area contributed by atoms with E-state index in [4.69, 9.17) is 10.5 Å². The predicted octanol–water partition coefficient (Wildman–Crippen LogP) is 1.61. The van der Waals surface area contributed by atoms with E-state index in [0.29, 0.717) is 17.6 Å². The molecule has 2 bridgehead atoms. The Labute approximate surface area is 99.3 Å². The second-order valence-corrected chi connectivity index (χ2v) is 6.19. The number of nitrogens with zero attached hydrogens (tertiary/aromatic N) is 1. The lowest BCUT2D eigenvalue weighted by atomic mass is 9.88. The van der Waals surface area contributed by atoms with E-state index in [9.17, 15) is 0 Å². The average molecular weight is 226 g/mol. The third kappa shape index (κ3) is 3.19. The van der Waals surface area contributed by atoms with Crippen LogP contribution >= 0.6 is 0 Å². The Kier molecular flexibility index (Phi) is 3.88. The third-order valence-corrected chi connectivity index (χ3v) is 4.00. The molecule has 0 aromatic rings. The minimum atomic E-state index is 0.311. The maximum atomic E-state index is 5.83. The van der Waals surface area contributed by atoms with Crippen molar-refractivity contribution in [3.8, 4) is 0 Å². The van der Waals surface area contributed by atoms with Gasteiger partial charge in [-0.15, -0.1) is 0 Å². The zero-order chi connectivity index (χ0) is 11.6. The van der Waals surface area contributed by atoms with E-state index in [1.165, 1.54) is 32.2 Å². The molecule has 16 heavy (non-hydrogen) atoms. The largest absolute Gasteiger partial charge is 0.372 e. The Hall–Kier alpha value is -0.120. The fourth-order valence-electron chi connectivity index (χ4n) is 2.77. The molecular weight excluding hydrogens is 200 g/mol. The predicted molar refractivity (Wildman–Crippen MR) is 66.4 cm³/mol. The summed E-state index contributed by atoms with van der Waals surface area (Å²) in [5, 5.41) is 0. The molecule has 2 unspecified atom stereocenters. The Morgan fingerprint density at radius 3 is 2.44 bits per heavy atom. The molecule has 2 aliphatic rings. The van der Waals surface area contributed by atoms with Crippen molar-refractivity contribution in [1.29, 1.82) is 0 Å². The Bertz CT molecular complexity index is 218. The van der Waals surface area contributed by atoms with E-state index in [0.717, 1.165) is 19.6 Å². The fraction of sp³-hybridized carbons (Fsp3) is 1.00. The monoisotopic (exact) mass is 226 g/mol. The molecule has 2 atom stereocenters. The third-order valence-electron chi connectivity index (χ3n) is 4.00. The number of likely N-dealkylation sites (tertiary alicyclic amines) is 1. The highest BCUT2D eigenvalue weighted by molar-refractivity contribution is 4.84. The smallest absolute Gasteiger partial charge is 0.0707 e. The molecule has 2 rings (SSSR count). The van der Waals surface area contributed by atoms with Crippen molar-refractivity contribution in [1.82, 2.24) is 4.90 Å². The van der Waals surface area contributed by atoms with Crippen LogP contribution in [-0.4, -0.2) is 43.3 Å². The summed E-state index contributed by atoms with van der Waals surface area (Å²) in [6, 6.07) is 0. The first-order valence-electron chi connectivity index (χ1n) is 6.67. The fourth-order valence-corrected chi connectivity index (χ4v) is 2.77. The topological polar surface area (TPSA) is 38.5 Å². The van der Waals surface area contributed by atoms with Gasteiger partial charge in [0.05, 0.1) is 12.2 Å². The van der Waals surface area contributed by atoms with Crippen LogP contribution in [0.15, 0.2) is 0 Å². The van der Waals surface area contributed by atoms with Gasteiger partial charge in [-0.1, -0.05) is 13.8 Å². The number of fused-ring (bicyclic) bond motifs is 2. The van der Waals surface area contributed by atoms with Gasteiger partial charge in [0, 0.05) is 13.1 Å². The molecule has 94 valence electrons. The summed E-state index contributed by atoms with van der Waals surface area (Å²) in [5.74, 6) is 0. The standard InChI is InChI=1S/C13H26N2O/c1-13(2,10-14)6-3-7-15-8-11-4-5-12(9-15)16-11/h11-12H,3-10,14H2,1-2H3. The van der Waals surface area contributed by atoms with Gasteiger partial charge in [0.25, 0.3) is 0 Å². The van der Waals surface area contributed by atoms with Gasteiger partial charge < -0.3 is 10.5 Å². The van der Waals surface area contributed by atoms with Crippen LogP contribution in [0.2, 0.25) is 0 Å². The van der Waals surface area contributed by atoms with Crippen molar-refractivity contribution in [2.24, 2.45) is 11.1 Å². The average Bonchev–Trinajstić information content (AvgIpc) is 2.58. The molecule has 0 amide bonds. The second kappa shape index (κ2) is 5.03. The number of morpholine rings is 1. The summed E-state index contributed by atoms with van der Waals surface area (Å²) in [6.07, 6.45) is 6.10. The molecule has 0 radical (unpaired) electrons. The van der Waals surface area contributed by atoms with Crippen LogP contribution in [-0.2, 0) is 4.74 Å². The molecule has 3 heteroatoms. The van der Waals surface area contributed by atoms with Gasteiger partial charge in [-0.05, 0) is 44.2 Å². The number of hydrogen-bond acceptors (Lipinski definition) is 3. The van der Waals surface area contributed by atoms with Crippen LogP contribution in [0.25, 0.3) is 0 Å². The molecule has 2 N–H and O–H groups in total. The highest BCUT2D eigenvalue weighted by atomic mass is 16.5. The minimum Gasteiger partial charge on any atom is -0.372 e. The molecule has 0 aromatic carbocycles. The summed E-state index contributed by atoms with van der Waals surface area (Å²) < 4.78 is 5.83. The van der Waals surface area contributed by atoms with Crippen LogP contribution < -0.4 is 5.73 Å². The number of ether oxygens (including phenoxy) is 1. The maximum absolute atomic E-state index is 5.83. The molecule has 3 nitrogen and oxygen atoms in total. The summed E-state index contributed by atoms with van der Waals surface area (Å²) in [6.45, 7) is 8.84. The number of rotatable bonds is 5. The number of nitrogens with two attached hydrogens (primary N) is 1. The van der Waals surface area contributed by atoms with Crippen molar-refractivity contribution in [3.63, 3.8) is 0 Å². The molecule has 0 aromatic heterocycles.